The zero-order valence-electron chi connectivity index (χ0n) is 6.73. The molecule has 74 valence electrons. The average Bonchev–Trinajstić information content (AvgIpc) is 2.56. The molecule has 1 aromatic heterocycles. The fourth-order valence-electron chi connectivity index (χ4n) is 1.18. The molecule has 0 N–H and O–H groups in total. The SMILES string of the molecule is FC(F)c1cc2c(Cl)c(Cl)ccc2s1. The summed E-state index contributed by atoms with van der Waals surface area (Å²) < 4.78 is 25.5. The fraction of sp³-hybridized carbons (Fsp3) is 0.111. The largest absolute Gasteiger partial charge is 0.272 e. The second-order valence-electron chi connectivity index (χ2n) is 2.72. The van der Waals surface area contributed by atoms with E-state index in [4.69, 9.17) is 23.2 Å². The Hall–Kier alpha value is -0.380. The molecule has 2 rings (SSSR count). The Balaban J connectivity index is 2.71. The highest BCUT2D eigenvalue weighted by Gasteiger charge is 2.13. The van der Waals surface area contributed by atoms with Crippen molar-refractivity contribution < 1.29 is 8.78 Å². The van der Waals surface area contributed by atoms with E-state index in [2.05, 4.69) is 0 Å². The first-order valence-corrected chi connectivity index (χ1v) is 5.32. The van der Waals surface area contributed by atoms with Gasteiger partial charge in [0, 0.05) is 10.1 Å². The Labute approximate surface area is 93.1 Å². The van der Waals surface area contributed by atoms with Crippen LogP contribution < -0.4 is 0 Å². The molecular formula is C9H4Cl2F2S. The predicted molar refractivity (Wildman–Crippen MR) is 56.8 cm³/mol. The van der Waals surface area contributed by atoms with Gasteiger partial charge in [-0.15, -0.1) is 11.3 Å². The highest BCUT2D eigenvalue weighted by atomic mass is 35.5. The van der Waals surface area contributed by atoms with Gasteiger partial charge in [-0.1, -0.05) is 23.2 Å². The highest BCUT2D eigenvalue weighted by Crippen LogP contribution is 2.38. The minimum Gasteiger partial charge on any atom is -0.204 e. The number of thiophene rings is 1. The van der Waals surface area contributed by atoms with Crippen LogP contribution in [-0.2, 0) is 0 Å². The molecule has 5 heteroatoms. The summed E-state index contributed by atoms with van der Waals surface area (Å²) >= 11 is 12.7. The second-order valence-corrected chi connectivity index (χ2v) is 4.62. The third kappa shape index (κ3) is 1.60. The molecule has 0 fully saturated rings. The van der Waals surface area contributed by atoms with E-state index >= 15 is 0 Å². The van der Waals surface area contributed by atoms with Crippen molar-refractivity contribution in [1.82, 2.24) is 0 Å². The van der Waals surface area contributed by atoms with Crippen molar-refractivity contribution >= 4 is 44.6 Å². The Bertz CT molecular complexity index is 479. The molecule has 1 aromatic carbocycles. The minimum atomic E-state index is -2.46. The van der Waals surface area contributed by atoms with Crippen molar-refractivity contribution in [3.63, 3.8) is 0 Å². The van der Waals surface area contributed by atoms with E-state index in [1.54, 1.807) is 12.1 Å². The predicted octanol–water partition coefficient (Wildman–Crippen LogP) is 5.15. The maximum absolute atomic E-state index is 12.4. The Morgan fingerprint density at radius 3 is 2.57 bits per heavy atom. The molecule has 0 aliphatic rings. The molecule has 0 amide bonds. The lowest BCUT2D eigenvalue weighted by molar-refractivity contribution is 0.156. The normalized spacial score (nSPS) is 11.5. The molecular weight excluding hydrogens is 249 g/mol. The van der Waals surface area contributed by atoms with E-state index in [1.165, 1.54) is 6.07 Å². The van der Waals surface area contributed by atoms with E-state index in [9.17, 15) is 8.78 Å². The lowest BCUT2D eigenvalue weighted by Gasteiger charge is -1.95. The maximum atomic E-state index is 12.4. The smallest absolute Gasteiger partial charge is 0.204 e. The zero-order chi connectivity index (χ0) is 10.3. The first kappa shape index (κ1) is 10.1. The Kier molecular flexibility index (Phi) is 2.64. The highest BCUT2D eigenvalue weighted by molar-refractivity contribution is 7.19. The van der Waals surface area contributed by atoms with Crippen molar-refractivity contribution in [2.45, 2.75) is 6.43 Å². The van der Waals surface area contributed by atoms with E-state index in [1.807, 2.05) is 0 Å². The number of rotatable bonds is 1. The van der Waals surface area contributed by atoms with Crippen molar-refractivity contribution in [1.29, 1.82) is 0 Å². The number of alkyl halides is 2. The number of hydrogen-bond donors (Lipinski definition) is 0. The molecule has 0 unspecified atom stereocenters. The molecule has 0 aliphatic heterocycles. The van der Waals surface area contributed by atoms with E-state index < -0.39 is 6.43 Å². The van der Waals surface area contributed by atoms with Crippen molar-refractivity contribution in [2.75, 3.05) is 0 Å². The molecule has 0 radical (unpaired) electrons. The molecule has 14 heavy (non-hydrogen) atoms. The van der Waals surface area contributed by atoms with Crippen LogP contribution in [0.4, 0.5) is 8.78 Å². The van der Waals surface area contributed by atoms with Crippen LogP contribution >= 0.6 is 34.5 Å². The van der Waals surface area contributed by atoms with Gasteiger partial charge in [0.1, 0.15) is 0 Å². The van der Waals surface area contributed by atoms with Crippen LogP contribution in [0.25, 0.3) is 10.1 Å². The zero-order valence-corrected chi connectivity index (χ0v) is 9.06. The summed E-state index contributed by atoms with van der Waals surface area (Å²) in [7, 11) is 0. The topological polar surface area (TPSA) is 0 Å². The van der Waals surface area contributed by atoms with Gasteiger partial charge < -0.3 is 0 Å². The first-order valence-electron chi connectivity index (χ1n) is 3.75. The molecule has 0 saturated carbocycles. The minimum absolute atomic E-state index is 0.0177. The van der Waals surface area contributed by atoms with E-state index in [0.29, 0.717) is 15.4 Å². The Morgan fingerprint density at radius 2 is 1.93 bits per heavy atom. The van der Waals surface area contributed by atoms with Crippen LogP contribution in [0, 0.1) is 0 Å². The van der Waals surface area contributed by atoms with Crippen LogP contribution in [0.2, 0.25) is 10.0 Å². The first-order chi connectivity index (χ1) is 6.59. The van der Waals surface area contributed by atoms with Gasteiger partial charge in [-0.2, -0.15) is 0 Å². The van der Waals surface area contributed by atoms with Crippen molar-refractivity contribution in [2.24, 2.45) is 0 Å². The maximum Gasteiger partial charge on any atom is 0.272 e. The molecule has 0 spiro atoms. The van der Waals surface area contributed by atoms with E-state index in [0.717, 1.165) is 16.0 Å². The summed E-state index contributed by atoms with van der Waals surface area (Å²) in [5.41, 5.74) is 0. The number of fused-ring (bicyclic) bond motifs is 1. The molecule has 0 aliphatic carbocycles. The molecule has 0 bridgehead atoms. The van der Waals surface area contributed by atoms with Crippen molar-refractivity contribution in [3.05, 3.63) is 33.1 Å². The van der Waals surface area contributed by atoms with Gasteiger partial charge in [-0.3, -0.25) is 0 Å². The monoisotopic (exact) mass is 252 g/mol. The average molecular weight is 253 g/mol. The molecule has 0 nitrogen and oxygen atoms in total. The van der Waals surface area contributed by atoms with Gasteiger partial charge in [-0.05, 0) is 18.2 Å². The Morgan fingerprint density at radius 1 is 1.21 bits per heavy atom. The number of benzene rings is 1. The second kappa shape index (κ2) is 3.65. The van der Waals surface area contributed by atoms with E-state index in [-0.39, 0.29) is 4.88 Å². The third-order valence-corrected chi connectivity index (χ3v) is 3.75. The van der Waals surface area contributed by atoms with Gasteiger partial charge >= 0.3 is 0 Å². The summed E-state index contributed by atoms with van der Waals surface area (Å²) in [6, 6.07) is 4.69. The van der Waals surface area contributed by atoms with Gasteiger partial charge in [0.2, 0.25) is 0 Å². The molecule has 0 saturated heterocycles. The van der Waals surface area contributed by atoms with Crippen molar-refractivity contribution in [3.8, 4) is 0 Å². The lowest BCUT2D eigenvalue weighted by atomic mass is 10.2. The molecule has 1 heterocycles. The van der Waals surface area contributed by atoms with Crippen LogP contribution in [-0.4, -0.2) is 0 Å². The van der Waals surface area contributed by atoms with Gasteiger partial charge in [0.15, 0.2) is 0 Å². The summed E-state index contributed by atoms with van der Waals surface area (Å²) in [5, 5.41) is 1.32. The summed E-state index contributed by atoms with van der Waals surface area (Å²) in [6.07, 6.45) is -2.46. The van der Waals surface area contributed by atoms with Crippen LogP contribution in [0.15, 0.2) is 18.2 Å². The van der Waals surface area contributed by atoms with Gasteiger partial charge in [0.25, 0.3) is 6.43 Å². The quantitative estimate of drug-likeness (QED) is 0.659. The number of halogens is 4. The lowest BCUT2D eigenvalue weighted by Crippen LogP contribution is -1.73. The van der Waals surface area contributed by atoms with Gasteiger partial charge in [0.05, 0.1) is 14.9 Å². The fourth-order valence-corrected chi connectivity index (χ4v) is 2.55. The standard InChI is InChI=1S/C9H4Cl2F2S/c10-5-1-2-6-4(8(5)11)3-7(14-6)9(12)13/h1-3,9H. The summed E-state index contributed by atoms with van der Waals surface area (Å²) in [4.78, 5) is 0.0177. The summed E-state index contributed by atoms with van der Waals surface area (Å²) in [5.74, 6) is 0. The molecule has 2 aromatic rings. The third-order valence-electron chi connectivity index (χ3n) is 1.82. The van der Waals surface area contributed by atoms with Crippen LogP contribution in [0.1, 0.15) is 11.3 Å². The van der Waals surface area contributed by atoms with Crippen LogP contribution in [0.3, 0.4) is 0 Å². The van der Waals surface area contributed by atoms with Crippen LogP contribution in [0.5, 0.6) is 0 Å². The number of hydrogen-bond acceptors (Lipinski definition) is 1. The summed E-state index contributed by atoms with van der Waals surface area (Å²) in [6.45, 7) is 0. The van der Waals surface area contributed by atoms with Gasteiger partial charge in [-0.25, -0.2) is 8.78 Å². The molecule has 0 atom stereocenters.